The molecule has 6 aromatic carbocycles. The van der Waals surface area contributed by atoms with Gasteiger partial charge < -0.3 is 9.30 Å². The fourth-order valence-electron chi connectivity index (χ4n) is 8.04. The minimum Gasteiger partial charge on any atom is -0.310 e. The number of hydrogen-bond acceptors (Lipinski definition) is 2. The molecular formula is C42H29N3. The normalized spacial score (nSPS) is 18.0. The van der Waals surface area contributed by atoms with Crippen molar-refractivity contribution in [1.29, 1.82) is 0 Å². The molecule has 1 fully saturated rings. The van der Waals surface area contributed by atoms with Crippen LogP contribution in [-0.4, -0.2) is 9.38 Å². The van der Waals surface area contributed by atoms with E-state index in [-0.39, 0.29) is 5.41 Å². The van der Waals surface area contributed by atoms with Crippen molar-refractivity contribution in [1.82, 2.24) is 9.38 Å². The second-order valence-electron chi connectivity index (χ2n) is 12.5. The molecule has 3 nitrogen and oxygen atoms in total. The number of hydrogen-bond donors (Lipinski definition) is 0. The molecule has 45 heavy (non-hydrogen) atoms. The van der Waals surface area contributed by atoms with Gasteiger partial charge in [-0.3, -0.25) is 0 Å². The Morgan fingerprint density at radius 3 is 2.27 bits per heavy atom. The summed E-state index contributed by atoms with van der Waals surface area (Å²) in [6, 6.07) is 55.3. The molecule has 2 aliphatic rings. The molecule has 2 aliphatic carbocycles. The third-order valence-electron chi connectivity index (χ3n) is 10.2. The van der Waals surface area contributed by atoms with Crippen molar-refractivity contribution >= 4 is 44.3 Å². The first-order valence-corrected chi connectivity index (χ1v) is 15.7. The highest BCUT2D eigenvalue weighted by molar-refractivity contribution is 6.00. The van der Waals surface area contributed by atoms with Gasteiger partial charge in [0, 0.05) is 39.9 Å². The van der Waals surface area contributed by atoms with Gasteiger partial charge in [-0.05, 0) is 76.2 Å². The molecule has 0 aliphatic heterocycles. The molecule has 2 unspecified atom stereocenters. The summed E-state index contributed by atoms with van der Waals surface area (Å²) in [6.07, 6.45) is 3.27. The summed E-state index contributed by atoms with van der Waals surface area (Å²) in [5.74, 6) is 0.403. The van der Waals surface area contributed by atoms with Crippen LogP contribution in [0.3, 0.4) is 0 Å². The highest BCUT2D eigenvalue weighted by Crippen LogP contribution is 2.69. The zero-order chi connectivity index (χ0) is 29.5. The summed E-state index contributed by atoms with van der Waals surface area (Å²) in [4.78, 5) is 7.52. The van der Waals surface area contributed by atoms with E-state index in [1.54, 1.807) is 0 Å². The number of rotatable bonds is 4. The van der Waals surface area contributed by atoms with E-state index in [1.807, 2.05) is 0 Å². The van der Waals surface area contributed by atoms with Crippen LogP contribution in [0.4, 0.5) is 17.1 Å². The predicted molar refractivity (Wildman–Crippen MR) is 185 cm³/mol. The molecule has 0 spiro atoms. The fourth-order valence-corrected chi connectivity index (χ4v) is 8.04. The van der Waals surface area contributed by atoms with Crippen molar-refractivity contribution in [3.63, 3.8) is 0 Å². The molecule has 1 saturated carbocycles. The zero-order valence-corrected chi connectivity index (χ0v) is 24.6. The summed E-state index contributed by atoms with van der Waals surface area (Å²) in [7, 11) is 0. The Bertz CT molecular complexity index is 2430. The van der Waals surface area contributed by atoms with E-state index in [2.05, 4.69) is 167 Å². The standard InChI is InChI=1S/C42H29N3/c1-2-12-30-26-33(22-19-28(30)10-1)45(38-17-9-13-29-11-3-4-14-34(29)38)32-23-20-31(21-24-32)42-27-37(42)41-40(35-15-5-6-16-36(35)42)43-39-18-7-8-25-44(39)41/h1-26,37H,27H2. The van der Waals surface area contributed by atoms with Crippen LogP contribution in [-0.2, 0) is 5.41 Å². The lowest BCUT2D eigenvalue weighted by Crippen LogP contribution is -2.18. The number of fused-ring (bicyclic) bond motifs is 10. The van der Waals surface area contributed by atoms with Gasteiger partial charge in [0.1, 0.15) is 5.65 Å². The third kappa shape index (κ3) is 3.49. The first-order chi connectivity index (χ1) is 22.3. The van der Waals surface area contributed by atoms with E-state index in [0.29, 0.717) is 5.92 Å². The Kier molecular flexibility index (Phi) is 5.04. The van der Waals surface area contributed by atoms with Crippen molar-refractivity contribution in [2.75, 3.05) is 4.90 Å². The Morgan fingerprint density at radius 1 is 0.622 bits per heavy atom. The zero-order valence-electron chi connectivity index (χ0n) is 24.6. The van der Waals surface area contributed by atoms with Crippen LogP contribution in [0, 0.1) is 0 Å². The van der Waals surface area contributed by atoms with Gasteiger partial charge in [-0.15, -0.1) is 0 Å². The van der Waals surface area contributed by atoms with Crippen molar-refractivity contribution < 1.29 is 0 Å². The van der Waals surface area contributed by atoms with Crippen LogP contribution in [0.15, 0.2) is 158 Å². The second-order valence-corrected chi connectivity index (χ2v) is 12.5. The molecule has 0 bridgehead atoms. The van der Waals surface area contributed by atoms with E-state index in [4.69, 9.17) is 4.98 Å². The van der Waals surface area contributed by atoms with Gasteiger partial charge in [0.2, 0.25) is 0 Å². The monoisotopic (exact) mass is 575 g/mol. The number of aromatic nitrogens is 2. The van der Waals surface area contributed by atoms with Crippen molar-refractivity contribution in [3.8, 4) is 11.3 Å². The maximum Gasteiger partial charge on any atom is 0.137 e. The molecule has 0 N–H and O–H groups in total. The third-order valence-corrected chi connectivity index (χ3v) is 10.2. The molecule has 0 amide bonds. The van der Waals surface area contributed by atoms with Crippen molar-refractivity contribution in [2.45, 2.75) is 17.8 Å². The Labute approximate surface area is 261 Å². The smallest absolute Gasteiger partial charge is 0.137 e. The van der Waals surface area contributed by atoms with Crippen LogP contribution in [0.25, 0.3) is 38.4 Å². The minimum absolute atomic E-state index is 0.0405. The Morgan fingerprint density at radius 2 is 1.36 bits per heavy atom. The topological polar surface area (TPSA) is 20.5 Å². The van der Waals surface area contributed by atoms with E-state index in [1.165, 1.54) is 49.6 Å². The van der Waals surface area contributed by atoms with Gasteiger partial charge in [0.25, 0.3) is 0 Å². The molecule has 212 valence electrons. The van der Waals surface area contributed by atoms with Crippen LogP contribution < -0.4 is 4.90 Å². The lowest BCUT2D eigenvalue weighted by molar-refractivity contribution is 0.773. The van der Waals surface area contributed by atoms with E-state index >= 15 is 0 Å². The van der Waals surface area contributed by atoms with Crippen LogP contribution in [0.5, 0.6) is 0 Å². The first-order valence-electron chi connectivity index (χ1n) is 15.7. The summed E-state index contributed by atoms with van der Waals surface area (Å²) >= 11 is 0. The molecule has 2 atom stereocenters. The summed E-state index contributed by atoms with van der Waals surface area (Å²) in [5, 5.41) is 4.95. The highest BCUT2D eigenvalue weighted by Gasteiger charge is 2.62. The van der Waals surface area contributed by atoms with Crippen molar-refractivity contribution in [3.05, 3.63) is 175 Å². The number of benzene rings is 6. The van der Waals surface area contributed by atoms with Gasteiger partial charge in [0.05, 0.1) is 17.1 Å². The average Bonchev–Trinajstić information content (AvgIpc) is 3.75. The lowest BCUT2D eigenvalue weighted by Gasteiger charge is -2.29. The Hall–Kier alpha value is -5.67. The van der Waals surface area contributed by atoms with Gasteiger partial charge >= 0.3 is 0 Å². The van der Waals surface area contributed by atoms with Gasteiger partial charge in [0.15, 0.2) is 0 Å². The van der Waals surface area contributed by atoms with E-state index in [0.717, 1.165) is 29.1 Å². The molecule has 0 radical (unpaired) electrons. The van der Waals surface area contributed by atoms with E-state index in [9.17, 15) is 0 Å². The lowest BCUT2D eigenvalue weighted by atomic mass is 9.78. The van der Waals surface area contributed by atoms with Crippen LogP contribution >= 0.6 is 0 Å². The molecule has 2 aromatic heterocycles. The maximum atomic E-state index is 5.10. The minimum atomic E-state index is -0.0405. The number of imidazole rings is 1. The summed E-state index contributed by atoms with van der Waals surface area (Å²) in [6.45, 7) is 0. The van der Waals surface area contributed by atoms with Crippen molar-refractivity contribution in [2.24, 2.45) is 0 Å². The van der Waals surface area contributed by atoms with Crippen LogP contribution in [0.1, 0.15) is 29.2 Å². The number of pyridine rings is 1. The number of anilines is 3. The van der Waals surface area contributed by atoms with E-state index < -0.39 is 0 Å². The fraction of sp³-hybridized carbons (Fsp3) is 0.0714. The SMILES string of the molecule is c1ccc2c(c1)-c1nc3ccccn3c1C1CC21c1ccc(N(c2ccc3ccccc3c2)c2cccc3ccccc23)cc1. The molecular weight excluding hydrogens is 546 g/mol. The maximum absolute atomic E-state index is 5.10. The predicted octanol–water partition coefficient (Wildman–Crippen LogP) is 10.6. The molecule has 2 heterocycles. The van der Waals surface area contributed by atoms with Gasteiger partial charge in [-0.1, -0.05) is 109 Å². The molecule has 10 rings (SSSR count). The number of nitrogens with zero attached hydrogens (tertiary/aromatic N) is 3. The molecule has 3 heteroatoms. The first kappa shape index (κ1) is 24.7. The Balaban J connectivity index is 1.14. The largest absolute Gasteiger partial charge is 0.310 e. The van der Waals surface area contributed by atoms with Gasteiger partial charge in [-0.2, -0.15) is 0 Å². The average molecular weight is 576 g/mol. The highest BCUT2D eigenvalue weighted by atomic mass is 15.1. The summed E-state index contributed by atoms with van der Waals surface area (Å²) < 4.78 is 2.31. The molecule has 8 aromatic rings. The molecule has 0 saturated heterocycles. The summed E-state index contributed by atoms with van der Waals surface area (Å²) in [5.41, 5.74) is 11.0. The van der Waals surface area contributed by atoms with Crippen LogP contribution in [0.2, 0.25) is 0 Å². The van der Waals surface area contributed by atoms with Gasteiger partial charge in [-0.25, -0.2) is 4.98 Å². The second kappa shape index (κ2) is 9.17. The quantitative estimate of drug-likeness (QED) is 0.208.